The maximum absolute atomic E-state index is 9.66. The van der Waals surface area contributed by atoms with Crippen molar-refractivity contribution in [1.82, 2.24) is 15.3 Å². The Kier molecular flexibility index (Phi) is 3.94. The minimum absolute atomic E-state index is 0.300. The lowest BCUT2D eigenvalue weighted by atomic mass is 10.4. The van der Waals surface area contributed by atoms with Gasteiger partial charge in [-0.15, -0.1) is 11.8 Å². The van der Waals surface area contributed by atoms with Crippen molar-refractivity contribution in [3.05, 3.63) is 18.6 Å². The molecule has 0 saturated heterocycles. The fourth-order valence-electron chi connectivity index (χ4n) is 1.19. The Hall–Kier alpha value is -0.650. The predicted molar refractivity (Wildman–Crippen MR) is 59.8 cm³/mol. The Bertz CT molecular complexity index is 292. The third-order valence-corrected chi connectivity index (χ3v) is 3.29. The van der Waals surface area contributed by atoms with Crippen LogP contribution in [0.5, 0.6) is 0 Å². The molecule has 4 nitrogen and oxygen atoms in total. The van der Waals surface area contributed by atoms with Crippen LogP contribution in [0.15, 0.2) is 23.6 Å². The molecule has 0 radical (unpaired) electrons. The molecule has 1 heterocycles. The molecule has 2 N–H and O–H groups in total. The second-order valence-electron chi connectivity index (χ2n) is 3.69. The Morgan fingerprint density at radius 3 is 3.13 bits per heavy atom. The number of rotatable bonds is 6. The molecule has 0 aliphatic heterocycles. The summed E-state index contributed by atoms with van der Waals surface area (Å²) < 4.78 is 0. The topological polar surface area (TPSA) is 58.0 Å². The van der Waals surface area contributed by atoms with Crippen LogP contribution in [-0.4, -0.2) is 39.5 Å². The fraction of sp³-hybridized carbons (Fsp3) is 0.600. The first-order chi connectivity index (χ1) is 7.34. The standard InChI is InChI=1S/C10H15N3OS/c14-9(5-12-8-1-2-8)6-15-10-3-4-11-7-13-10/h3-4,7-9,12,14H,1-2,5-6H2. The lowest BCUT2D eigenvalue weighted by Gasteiger charge is -2.10. The highest BCUT2D eigenvalue weighted by molar-refractivity contribution is 7.99. The normalized spacial score (nSPS) is 17.7. The van der Waals surface area contributed by atoms with Gasteiger partial charge in [-0.25, -0.2) is 9.97 Å². The maximum atomic E-state index is 9.66. The third kappa shape index (κ3) is 4.15. The Morgan fingerprint density at radius 1 is 1.60 bits per heavy atom. The van der Waals surface area contributed by atoms with Crippen molar-refractivity contribution in [3.63, 3.8) is 0 Å². The molecule has 0 aromatic carbocycles. The first-order valence-corrected chi connectivity index (χ1v) is 6.13. The molecule has 5 heteroatoms. The average Bonchev–Trinajstić information content (AvgIpc) is 3.09. The first kappa shape index (κ1) is 10.9. The maximum Gasteiger partial charge on any atom is 0.116 e. The number of aromatic nitrogens is 2. The summed E-state index contributed by atoms with van der Waals surface area (Å²) in [6, 6.07) is 2.51. The molecule has 1 saturated carbocycles. The monoisotopic (exact) mass is 225 g/mol. The Labute approximate surface area is 93.5 Å². The zero-order valence-corrected chi connectivity index (χ0v) is 9.28. The molecule has 1 aliphatic carbocycles. The van der Waals surface area contributed by atoms with Crippen molar-refractivity contribution in [1.29, 1.82) is 0 Å². The predicted octanol–water partition coefficient (Wildman–Crippen LogP) is 0.682. The van der Waals surface area contributed by atoms with Gasteiger partial charge in [-0.2, -0.15) is 0 Å². The van der Waals surface area contributed by atoms with Gasteiger partial charge in [0.25, 0.3) is 0 Å². The van der Waals surface area contributed by atoms with Crippen LogP contribution < -0.4 is 5.32 Å². The van der Waals surface area contributed by atoms with Crippen LogP contribution in [0.25, 0.3) is 0 Å². The summed E-state index contributed by atoms with van der Waals surface area (Å²) in [6.07, 6.45) is 5.45. The molecule has 1 aromatic rings. The van der Waals surface area contributed by atoms with Crippen LogP contribution in [0.1, 0.15) is 12.8 Å². The van der Waals surface area contributed by atoms with Crippen LogP contribution in [0, 0.1) is 0 Å². The lowest BCUT2D eigenvalue weighted by molar-refractivity contribution is 0.195. The zero-order chi connectivity index (χ0) is 10.5. The number of aliphatic hydroxyl groups excluding tert-OH is 1. The minimum atomic E-state index is -0.300. The smallest absolute Gasteiger partial charge is 0.116 e. The van der Waals surface area contributed by atoms with Crippen LogP contribution in [0.3, 0.4) is 0 Å². The van der Waals surface area contributed by atoms with E-state index in [0.717, 1.165) is 5.03 Å². The van der Waals surface area contributed by atoms with Gasteiger partial charge in [-0.05, 0) is 18.9 Å². The summed E-state index contributed by atoms with van der Waals surface area (Å²) in [4.78, 5) is 7.92. The first-order valence-electron chi connectivity index (χ1n) is 5.15. The van der Waals surface area contributed by atoms with Crippen molar-refractivity contribution in [2.45, 2.75) is 30.0 Å². The summed E-state index contributed by atoms with van der Waals surface area (Å²) in [6.45, 7) is 0.683. The van der Waals surface area contributed by atoms with Crippen molar-refractivity contribution in [2.75, 3.05) is 12.3 Å². The van der Waals surface area contributed by atoms with Gasteiger partial charge in [0.2, 0.25) is 0 Å². The minimum Gasteiger partial charge on any atom is -0.391 e. The van der Waals surface area contributed by atoms with Gasteiger partial charge < -0.3 is 10.4 Å². The van der Waals surface area contributed by atoms with Crippen LogP contribution in [-0.2, 0) is 0 Å². The van der Waals surface area contributed by atoms with E-state index < -0.39 is 0 Å². The summed E-state index contributed by atoms with van der Waals surface area (Å²) in [7, 11) is 0. The average molecular weight is 225 g/mol. The Morgan fingerprint density at radius 2 is 2.47 bits per heavy atom. The van der Waals surface area contributed by atoms with Gasteiger partial charge in [-0.3, -0.25) is 0 Å². The molecule has 1 atom stereocenters. The van der Waals surface area contributed by atoms with Gasteiger partial charge in [0, 0.05) is 24.5 Å². The molecular formula is C10H15N3OS. The van der Waals surface area contributed by atoms with Crippen molar-refractivity contribution < 1.29 is 5.11 Å². The van der Waals surface area contributed by atoms with E-state index >= 15 is 0 Å². The van der Waals surface area contributed by atoms with E-state index in [1.165, 1.54) is 19.2 Å². The number of nitrogens with one attached hydrogen (secondary N) is 1. The number of aliphatic hydroxyl groups is 1. The summed E-state index contributed by atoms with van der Waals surface area (Å²) in [5, 5.41) is 13.9. The SMILES string of the molecule is OC(CNC1CC1)CSc1ccncn1. The molecule has 1 fully saturated rings. The van der Waals surface area contributed by atoms with Gasteiger partial charge >= 0.3 is 0 Å². The Balaban J connectivity index is 1.63. The van der Waals surface area contributed by atoms with E-state index in [4.69, 9.17) is 0 Å². The van der Waals surface area contributed by atoms with Crippen LogP contribution in [0.4, 0.5) is 0 Å². The molecule has 2 rings (SSSR count). The molecule has 1 aromatic heterocycles. The number of hydrogen-bond donors (Lipinski definition) is 2. The molecule has 1 aliphatic rings. The summed E-state index contributed by atoms with van der Waals surface area (Å²) in [5.74, 6) is 0.677. The van der Waals surface area contributed by atoms with E-state index in [1.807, 2.05) is 6.07 Å². The van der Waals surface area contributed by atoms with Gasteiger partial charge in [-0.1, -0.05) is 0 Å². The van der Waals surface area contributed by atoms with E-state index in [1.54, 1.807) is 18.0 Å². The quantitative estimate of drug-likeness (QED) is 0.551. The summed E-state index contributed by atoms with van der Waals surface area (Å²) in [5.41, 5.74) is 0. The fourth-order valence-corrected chi connectivity index (χ4v) is 1.95. The second-order valence-corrected chi connectivity index (χ2v) is 4.74. The summed E-state index contributed by atoms with van der Waals surface area (Å²) >= 11 is 1.56. The van der Waals surface area contributed by atoms with Gasteiger partial charge in [0.05, 0.1) is 11.1 Å². The van der Waals surface area contributed by atoms with Gasteiger partial charge in [0.1, 0.15) is 6.33 Å². The molecule has 1 unspecified atom stereocenters. The number of nitrogens with zero attached hydrogens (tertiary/aromatic N) is 2. The molecular weight excluding hydrogens is 210 g/mol. The molecule has 0 spiro atoms. The third-order valence-electron chi connectivity index (χ3n) is 2.20. The van der Waals surface area contributed by atoms with Crippen LogP contribution >= 0.6 is 11.8 Å². The van der Waals surface area contributed by atoms with Gasteiger partial charge in [0.15, 0.2) is 0 Å². The van der Waals surface area contributed by atoms with E-state index in [-0.39, 0.29) is 6.10 Å². The van der Waals surface area contributed by atoms with Crippen molar-refractivity contribution >= 4 is 11.8 Å². The largest absolute Gasteiger partial charge is 0.391 e. The van der Waals surface area contributed by atoms with E-state index in [9.17, 15) is 5.11 Å². The van der Waals surface area contributed by atoms with Crippen molar-refractivity contribution in [2.24, 2.45) is 0 Å². The second kappa shape index (κ2) is 5.44. The number of thioether (sulfide) groups is 1. The highest BCUT2D eigenvalue weighted by Crippen LogP contribution is 2.19. The molecule has 15 heavy (non-hydrogen) atoms. The highest BCUT2D eigenvalue weighted by atomic mass is 32.2. The molecule has 0 amide bonds. The molecule has 0 bridgehead atoms. The number of hydrogen-bond acceptors (Lipinski definition) is 5. The van der Waals surface area contributed by atoms with Crippen molar-refractivity contribution in [3.8, 4) is 0 Å². The zero-order valence-electron chi connectivity index (χ0n) is 8.47. The van der Waals surface area contributed by atoms with E-state index in [2.05, 4.69) is 15.3 Å². The van der Waals surface area contributed by atoms with Crippen LogP contribution in [0.2, 0.25) is 0 Å². The van der Waals surface area contributed by atoms with E-state index in [0.29, 0.717) is 18.3 Å². The highest BCUT2D eigenvalue weighted by Gasteiger charge is 2.21. The lowest BCUT2D eigenvalue weighted by Crippen LogP contribution is -2.29. The molecule has 82 valence electrons.